The van der Waals surface area contributed by atoms with Crippen LogP contribution in [0.25, 0.3) is 27.7 Å². The lowest BCUT2D eigenvalue weighted by Crippen LogP contribution is -2.61. The molecule has 0 N–H and O–H groups in total. The van der Waals surface area contributed by atoms with Gasteiger partial charge >= 0.3 is 0 Å². The quantitative estimate of drug-likeness (QED) is 0.176. The van der Waals surface area contributed by atoms with Crippen LogP contribution in [-0.4, -0.2) is 11.3 Å². The highest BCUT2D eigenvalue weighted by molar-refractivity contribution is 7.01. The molecule has 4 aliphatic rings. The van der Waals surface area contributed by atoms with Crippen molar-refractivity contribution in [3.8, 4) is 16.8 Å². The van der Waals surface area contributed by atoms with Crippen LogP contribution in [0.4, 0.5) is 28.6 Å². The van der Waals surface area contributed by atoms with Crippen LogP contribution in [0.1, 0.15) is 37.8 Å². The number of benzene rings is 6. The van der Waals surface area contributed by atoms with E-state index in [4.69, 9.17) is 0 Å². The van der Waals surface area contributed by atoms with Gasteiger partial charge in [-0.25, -0.2) is 0 Å². The van der Waals surface area contributed by atoms with Crippen LogP contribution in [0.2, 0.25) is 0 Å². The lowest BCUT2D eigenvalue weighted by molar-refractivity contribution is 0.661. The van der Waals surface area contributed by atoms with E-state index in [1.165, 1.54) is 83.8 Å². The van der Waals surface area contributed by atoms with Crippen molar-refractivity contribution in [3.63, 3.8) is 0 Å². The highest BCUT2D eigenvalue weighted by Crippen LogP contribution is 2.52. The molecule has 3 nitrogen and oxygen atoms in total. The molecule has 6 aromatic carbocycles. The summed E-state index contributed by atoms with van der Waals surface area (Å²) in [5.41, 5.74) is 18.0. The van der Waals surface area contributed by atoms with Crippen LogP contribution >= 0.6 is 0 Å². The third-order valence-corrected chi connectivity index (χ3v) is 11.8. The number of aromatic nitrogens is 1. The number of nitrogens with zero attached hydrogens (tertiary/aromatic N) is 3. The second kappa shape index (κ2) is 10.5. The molecule has 0 unspecified atom stereocenters. The van der Waals surface area contributed by atoms with Gasteiger partial charge in [0.25, 0.3) is 6.71 Å². The minimum atomic E-state index is -0.110. The van der Waals surface area contributed by atoms with Gasteiger partial charge in [0.1, 0.15) is 5.82 Å². The Labute approximate surface area is 299 Å². The number of hydrogen-bond acceptors (Lipinski definition) is 2. The lowest BCUT2D eigenvalue weighted by Gasteiger charge is -2.44. The van der Waals surface area contributed by atoms with Crippen LogP contribution in [0.15, 0.2) is 163 Å². The van der Waals surface area contributed by atoms with Crippen molar-refractivity contribution in [2.75, 3.05) is 9.80 Å². The molecule has 0 fully saturated rings. The molecular formula is C47H36BN3. The van der Waals surface area contributed by atoms with Gasteiger partial charge in [-0.05, 0) is 118 Å². The molecule has 242 valence electrons. The molecule has 0 saturated carbocycles. The monoisotopic (exact) mass is 653 g/mol. The summed E-state index contributed by atoms with van der Waals surface area (Å²) in [7, 11) is 0. The molecule has 4 heteroatoms. The normalized spacial score (nSPS) is 16.0. The molecule has 0 bridgehead atoms. The maximum atomic E-state index is 2.55. The van der Waals surface area contributed by atoms with Gasteiger partial charge in [-0.2, -0.15) is 0 Å². The first kappa shape index (κ1) is 28.8. The van der Waals surface area contributed by atoms with Crippen LogP contribution < -0.4 is 26.2 Å². The molecule has 1 aromatic heterocycles. The number of fused-ring (bicyclic) bond motifs is 9. The van der Waals surface area contributed by atoms with E-state index in [9.17, 15) is 0 Å². The van der Waals surface area contributed by atoms with Gasteiger partial charge < -0.3 is 4.90 Å². The van der Waals surface area contributed by atoms with Crippen molar-refractivity contribution in [3.05, 3.63) is 175 Å². The highest BCUT2D eigenvalue weighted by Gasteiger charge is 2.47. The first-order chi connectivity index (χ1) is 25.1. The summed E-state index contributed by atoms with van der Waals surface area (Å²) in [5.74, 6) is 1.21. The molecule has 3 heterocycles. The van der Waals surface area contributed by atoms with Crippen molar-refractivity contribution in [2.45, 2.75) is 32.1 Å². The molecule has 0 spiro atoms. The third-order valence-electron chi connectivity index (χ3n) is 11.8. The largest absolute Gasteiger partial charge is 0.312 e. The molecule has 0 saturated heterocycles. The fraction of sp³-hybridized carbons (Fsp3) is 0.106. The zero-order chi connectivity index (χ0) is 33.8. The first-order valence-corrected chi connectivity index (χ1v) is 18.2. The predicted octanol–water partition coefficient (Wildman–Crippen LogP) is 9.92. The second-order valence-corrected chi connectivity index (χ2v) is 14.8. The summed E-state index contributed by atoms with van der Waals surface area (Å²) >= 11 is 0. The molecule has 2 aliphatic heterocycles. The van der Waals surface area contributed by atoms with E-state index in [0.717, 1.165) is 18.5 Å². The Morgan fingerprint density at radius 3 is 2.04 bits per heavy atom. The van der Waals surface area contributed by atoms with Crippen LogP contribution in [0.5, 0.6) is 0 Å². The van der Waals surface area contributed by atoms with E-state index >= 15 is 0 Å². The fourth-order valence-electron chi connectivity index (χ4n) is 9.58. The fourth-order valence-corrected chi connectivity index (χ4v) is 9.58. The Bertz CT molecular complexity index is 2630. The molecule has 7 aromatic rings. The van der Waals surface area contributed by atoms with Crippen molar-refractivity contribution >= 4 is 62.6 Å². The minimum absolute atomic E-state index is 0.0435. The topological polar surface area (TPSA) is 11.4 Å². The van der Waals surface area contributed by atoms with E-state index in [-0.39, 0.29) is 12.1 Å². The van der Waals surface area contributed by atoms with Crippen molar-refractivity contribution in [1.82, 2.24) is 4.57 Å². The Morgan fingerprint density at radius 1 is 0.569 bits per heavy atom. The highest BCUT2D eigenvalue weighted by atomic mass is 15.3. The zero-order valence-corrected chi connectivity index (χ0v) is 28.8. The summed E-state index contributed by atoms with van der Waals surface area (Å²) in [6.45, 7) is 4.82. The van der Waals surface area contributed by atoms with E-state index in [0.29, 0.717) is 0 Å². The van der Waals surface area contributed by atoms with Crippen LogP contribution in [0.3, 0.4) is 0 Å². The van der Waals surface area contributed by atoms with Crippen molar-refractivity contribution in [1.29, 1.82) is 0 Å². The Morgan fingerprint density at radius 2 is 1.25 bits per heavy atom. The van der Waals surface area contributed by atoms with Gasteiger partial charge in [-0.1, -0.05) is 111 Å². The van der Waals surface area contributed by atoms with Crippen LogP contribution in [-0.2, 0) is 5.41 Å². The molecule has 11 rings (SSSR count). The third kappa shape index (κ3) is 3.85. The molecular weight excluding hydrogens is 617 g/mol. The van der Waals surface area contributed by atoms with Gasteiger partial charge in [-0.3, -0.25) is 9.47 Å². The molecule has 51 heavy (non-hydrogen) atoms. The molecule has 0 atom stereocenters. The standard InChI is InChI=1S/C47H36BN3/c1-47(2)37-24-13-12-23-34(37)35-29-36-43(30-38(35)47)51(33-21-10-5-11-22-33)46-44(36)48-39-25-14-15-26-40(39)49(31-17-6-3-7-18-31)41-27-16-28-42(45(41)48)50(46)32-19-8-4-9-20-32/h4-6,8-30H,3,7H2,1-2H3. The van der Waals surface area contributed by atoms with Gasteiger partial charge in [0.05, 0.1) is 5.52 Å². The summed E-state index contributed by atoms with van der Waals surface area (Å²) in [6, 6.07) is 52.1. The predicted molar refractivity (Wildman–Crippen MR) is 215 cm³/mol. The maximum Gasteiger partial charge on any atom is 0.255 e. The van der Waals surface area contributed by atoms with Gasteiger partial charge in [0.15, 0.2) is 0 Å². The van der Waals surface area contributed by atoms with Gasteiger partial charge in [0, 0.05) is 39.5 Å². The number of para-hydroxylation sites is 3. The molecule has 0 amide bonds. The zero-order valence-electron chi connectivity index (χ0n) is 28.8. The summed E-state index contributed by atoms with van der Waals surface area (Å²) in [5, 5.41) is 1.31. The number of rotatable bonds is 3. The SMILES string of the molecule is CC1(C)c2ccccc2-c2cc3c4c(n(-c5ccccc5)c3cc21)N(c1ccccc1)c1cccc2c1B4c1ccccc1N2C1=CCCC=C1. The number of allylic oxidation sites excluding steroid dienone is 3. The van der Waals surface area contributed by atoms with E-state index in [1.54, 1.807) is 0 Å². The summed E-state index contributed by atoms with van der Waals surface area (Å²) < 4.78 is 2.55. The Balaban J connectivity index is 1.32. The Hall–Kier alpha value is -6.00. The molecule has 2 aliphatic carbocycles. The van der Waals surface area contributed by atoms with Gasteiger partial charge in [-0.15, -0.1) is 0 Å². The van der Waals surface area contributed by atoms with E-state index in [1.807, 2.05) is 0 Å². The second-order valence-electron chi connectivity index (χ2n) is 14.8. The maximum absolute atomic E-state index is 2.55. The average Bonchev–Trinajstić information content (AvgIpc) is 3.63. The van der Waals surface area contributed by atoms with E-state index < -0.39 is 0 Å². The smallest absolute Gasteiger partial charge is 0.255 e. The van der Waals surface area contributed by atoms with Crippen molar-refractivity contribution in [2.24, 2.45) is 0 Å². The number of hydrogen-bond donors (Lipinski definition) is 0. The van der Waals surface area contributed by atoms with Crippen molar-refractivity contribution < 1.29 is 0 Å². The molecule has 0 radical (unpaired) electrons. The Kier molecular flexibility index (Phi) is 5.93. The number of anilines is 5. The van der Waals surface area contributed by atoms with E-state index in [2.05, 4.69) is 186 Å². The average molecular weight is 654 g/mol. The first-order valence-electron chi connectivity index (χ1n) is 18.2. The summed E-state index contributed by atoms with van der Waals surface area (Å²) in [4.78, 5) is 5.06. The minimum Gasteiger partial charge on any atom is -0.312 e. The van der Waals surface area contributed by atoms with Crippen LogP contribution in [0, 0.1) is 0 Å². The van der Waals surface area contributed by atoms with Gasteiger partial charge in [0.2, 0.25) is 0 Å². The lowest BCUT2D eigenvalue weighted by atomic mass is 9.33. The summed E-state index contributed by atoms with van der Waals surface area (Å²) in [6.07, 6.45) is 9.18.